The van der Waals surface area contributed by atoms with Crippen molar-refractivity contribution >= 4 is 45.5 Å². The molecule has 8 nitrogen and oxygen atoms in total. The topological polar surface area (TPSA) is 102 Å². The third-order valence-corrected chi connectivity index (χ3v) is 6.26. The molecule has 0 spiro atoms. The SMILES string of the molecule is Cc1nnc(N2C(=O)C(=O)/C(=C(/O)c3ccc4c(c3)OCCO4)[C@@H]2c2ccc(Cl)cc2)s1. The number of ketones is 1. The Hall–Kier alpha value is -3.43. The summed E-state index contributed by atoms with van der Waals surface area (Å²) in [7, 11) is 0. The fourth-order valence-corrected chi connectivity index (χ4v) is 4.56. The van der Waals surface area contributed by atoms with Crippen LogP contribution in [0.1, 0.15) is 22.2 Å². The molecule has 32 heavy (non-hydrogen) atoms. The summed E-state index contributed by atoms with van der Waals surface area (Å²) in [5, 5.41) is 20.6. The highest BCUT2D eigenvalue weighted by molar-refractivity contribution is 7.15. The molecule has 2 aliphatic rings. The number of carbonyl (C=O) groups excluding carboxylic acids is 2. The number of fused-ring (bicyclic) bond motifs is 1. The summed E-state index contributed by atoms with van der Waals surface area (Å²) in [6, 6.07) is 10.7. The van der Waals surface area contributed by atoms with Gasteiger partial charge in [0.15, 0.2) is 11.5 Å². The highest BCUT2D eigenvalue weighted by Crippen LogP contribution is 2.44. The molecule has 5 rings (SSSR count). The second-order valence-corrected chi connectivity index (χ2v) is 8.78. The number of hydrogen-bond donors (Lipinski definition) is 1. The monoisotopic (exact) mass is 469 g/mol. The van der Waals surface area contributed by atoms with E-state index in [-0.39, 0.29) is 16.5 Å². The van der Waals surface area contributed by atoms with E-state index in [2.05, 4.69) is 10.2 Å². The number of aromatic nitrogens is 2. The smallest absolute Gasteiger partial charge is 0.301 e. The Morgan fingerprint density at radius 2 is 1.81 bits per heavy atom. The largest absolute Gasteiger partial charge is 0.507 e. The van der Waals surface area contributed by atoms with Gasteiger partial charge in [-0.2, -0.15) is 0 Å². The van der Waals surface area contributed by atoms with Gasteiger partial charge in [-0.15, -0.1) is 10.2 Å². The number of rotatable bonds is 3. The van der Waals surface area contributed by atoms with Crippen LogP contribution in [0.3, 0.4) is 0 Å². The van der Waals surface area contributed by atoms with Gasteiger partial charge in [0, 0.05) is 10.6 Å². The van der Waals surface area contributed by atoms with Crippen molar-refractivity contribution in [2.75, 3.05) is 18.1 Å². The van der Waals surface area contributed by atoms with Crippen LogP contribution < -0.4 is 14.4 Å². The van der Waals surface area contributed by atoms with E-state index in [0.29, 0.717) is 45.9 Å². The van der Waals surface area contributed by atoms with Crippen molar-refractivity contribution in [1.82, 2.24) is 10.2 Å². The van der Waals surface area contributed by atoms with Gasteiger partial charge < -0.3 is 14.6 Å². The van der Waals surface area contributed by atoms with Crippen LogP contribution in [0.25, 0.3) is 5.76 Å². The van der Waals surface area contributed by atoms with Gasteiger partial charge in [0.2, 0.25) is 5.13 Å². The van der Waals surface area contributed by atoms with Crippen molar-refractivity contribution in [1.29, 1.82) is 0 Å². The summed E-state index contributed by atoms with van der Waals surface area (Å²) in [6.07, 6.45) is 0. The number of benzene rings is 2. The number of ether oxygens (including phenoxy) is 2. The molecule has 0 saturated carbocycles. The fraction of sp³-hybridized carbons (Fsp3) is 0.182. The summed E-state index contributed by atoms with van der Waals surface area (Å²) in [5.74, 6) is -0.918. The first-order valence-corrected chi connectivity index (χ1v) is 10.9. The molecule has 1 saturated heterocycles. The lowest BCUT2D eigenvalue weighted by Crippen LogP contribution is -2.29. The van der Waals surface area contributed by atoms with Crippen molar-refractivity contribution in [2.24, 2.45) is 0 Å². The van der Waals surface area contributed by atoms with Crippen molar-refractivity contribution in [3.63, 3.8) is 0 Å². The van der Waals surface area contributed by atoms with Gasteiger partial charge in [-0.25, -0.2) is 0 Å². The molecule has 1 aromatic heterocycles. The normalized spacial score (nSPS) is 19.4. The third kappa shape index (κ3) is 3.39. The van der Waals surface area contributed by atoms with Crippen LogP contribution in [0.15, 0.2) is 48.0 Å². The van der Waals surface area contributed by atoms with Crippen LogP contribution in [-0.4, -0.2) is 40.2 Å². The van der Waals surface area contributed by atoms with Crippen LogP contribution in [0.4, 0.5) is 5.13 Å². The van der Waals surface area contributed by atoms with Crippen LogP contribution in [0.5, 0.6) is 11.5 Å². The Kier molecular flexibility index (Phi) is 5.07. The summed E-state index contributed by atoms with van der Waals surface area (Å²) in [5.41, 5.74) is 0.877. The molecule has 1 fully saturated rings. The van der Waals surface area contributed by atoms with Crippen molar-refractivity contribution in [3.05, 3.63) is 69.2 Å². The van der Waals surface area contributed by atoms with Crippen molar-refractivity contribution in [2.45, 2.75) is 13.0 Å². The molecule has 1 amide bonds. The maximum atomic E-state index is 13.1. The van der Waals surface area contributed by atoms with Crippen molar-refractivity contribution in [3.8, 4) is 11.5 Å². The zero-order valence-corrected chi connectivity index (χ0v) is 18.3. The molecule has 0 aliphatic carbocycles. The molecule has 3 aromatic rings. The first-order chi connectivity index (χ1) is 15.4. The summed E-state index contributed by atoms with van der Waals surface area (Å²) < 4.78 is 11.1. The lowest BCUT2D eigenvalue weighted by molar-refractivity contribution is -0.132. The molecule has 2 aromatic carbocycles. The molecule has 0 unspecified atom stereocenters. The minimum Gasteiger partial charge on any atom is -0.507 e. The van der Waals surface area contributed by atoms with Gasteiger partial charge in [0.1, 0.15) is 24.0 Å². The Morgan fingerprint density at radius 1 is 1.09 bits per heavy atom. The maximum Gasteiger partial charge on any atom is 0.301 e. The van der Waals surface area contributed by atoms with E-state index in [1.165, 1.54) is 16.2 Å². The number of amides is 1. The minimum absolute atomic E-state index is 0.0538. The van der Waals surface area contributed by atoms with Gasteiger partial charge >= 0.3 is 5.91 Å². The third-order valence-electron chi connectivity index (χ3n) is 5.17. The minimum atomic E-state index is -0.896. The number of aryl methyl sites for hydroxylation is 1. The van der Waals surface area contributed by atoms with E-state index in [4.69, 9.17) is 21.1 Å². The number of hydrogen-bond acceptors (Lipinski definition) is 8. The predicted octanol–water partition coefficient (Wildman–Crippen LogP) is 3.90. The van der Waals surface area contributed by atoms with E-state index < -0.39 is 17.7 Å². The van der Waals surface area contributed by atoms with Crippen LogP contribution in [0.2, 0.25) is 5.02 Å². The highest BCUT2D eigenvalue weighted by atomic mass is 35.5. The molecule has 0 bridgehead atoms. The van der Waals surface area contributed by atoms with Gasteiger partial charge in [0.05, 0.1) is 11.6 Å². The molecular weight excluding hydrogens is 454 g/mol. The quantitative estimate of drug-likeness (QED) is 0.352. The van der Waals surface area contributed by atoms with Gasteiger partial charge in [-0.3, -0.25) is 14.5 Å². The Morgan fingerprint density at radius 3 is 2.50 bits per heavy atom. The van der Waals surface area contributed by atoms with E-state index in [0.717, 1.165) is 0 Å². The summed E-state index contributed by atoms with van der Waals surface area (Å²) in [6.45, 7) is 2.56. The van der Waals surface area contributed by atoms with Crippen LogP contribution in [0, 0.1) is 6.92 Å². The number of aliphatic hydroxyl groups excluding tert-OH is 1. The van der Waals surface area contributed by atoms with E-state index in [1.807, 2.05) is 0 Å². The average molecular weight is 470 g/mol. The van der Waals surface area contributed by atoms with Gasteiger partial charge in [-0.1, -0.05) is 35.1 Å². The number of nitrogens with zero attached hydrogens (tertiary/aromatic N) is 3. The van der Waals surface area contributed by atoms with E-state index in [9.17, 15) is 14.7 Å². The molecular formula is C22H16ClN3O5S. The highest BCUT2D eigenvalue weighted by Gasteiger charge is 2.48. The lowest BCUT2D eigenvalue weighted by atomic mass is 9.95. The molecule has 162 valence electrons. The van der Waals surface area contributed by atoms with Crippen LogP contribution in [-0.2, 0) is 9.59 Å². The second-order valence-electron chi connectivity index (χ2n) is 7.18. The number of Topliss-reactive ketones (excluding diaryl/α,β-unsaturated/α-hetero) is 1. The molecule has 2 aliphatic heterocycles. The zero-order chi connectivity index (χ0) is 22.4. The standard InChI is InChI=1S/C22H16ClN3O5S/c1-11-24-25-22(32-11)26-18(12-2-5-14(23)6-3-12)17(20(28)21(26)29)19(27)13-4-7-15-16(10-13)31-9-8-30-15/h2-7,10,18,27H,8-9H2,1H3/b19-17+/t18-/m0/s1. The number of anilines is 1. The summed E-state index contributed by atoms with van der Waals surface area (Å²) in [4.78, 5) is 27.4. The molecule has 3 heterocycles. The molecule has 10 heteroatoms. The first kappa shape index (κ1) is 20.5. The molecule has 0 radical (unpaired) electrons. The zero-order valence-electron chi connectivity index (χ0n) is 16.7. The molecule has 1 atom stereocenters. The Balaban J connectivity index is 1.69. The average Bonchev–Trinajstić information content (AvgIpc) is 3.34. The fourth-order valence-electron chi connectivity index (χ4n) is 3.72. The Bertz CT molecular complexity index is 1270. The van der Waals surface area contributed by atoms with E-state index >= 15 is 0 Å². The van der Waals surface area contributed by atoms with Gasteiger partial charge in [-0.05, 0) is 42.8 Å². The lowest BCUT2D eigenvalue weighted by Gasteiger charge is -2.23. The number of carbonyl (C=O) groups is 2. The maximum absolute atomic E-state index is 13.1. The van der Waals surface area contributed by atoms with E-state index in [1.54, 1.807) is 49.4 Å². The van der Waals surface area contributed by atoms with Gasteiger partial charge in [0.25, 0.3) is 5.78 Å². The number of halogens is 1. The Labute approximate surface area is 191 Å². The number of aliphatic hydroxyl groups is 1. The van der Waals surface area contributed by atoms with Crippen LogP contribution >= 0.6 is 22.9 Å². The second kappa shape index (κ2) is 7.92. The predicted molar refractivity (Wildman–Crippen MR) is 118 cm³/mol. The van der Waals surface area contributed by atoms with Crippen molar-refractivity contribution < 1.29 is 24.2 Å². The first-order valence-electron chi connectivity index (χ1n) is 9.70. The summed E-state index contributed by atoms with van der Waals surface area (Å²) >= 11 is 7.22. The molecule has 1 N–H and O–H groups in total.